The van der Waals surface area contributed by atoms with Gasteiger partial charge < -0.3 is 14.6 Å². The summed E-state index contributed by atoms with van der Waals surface area (Å²) in [6.07, 6.45) is 9.34. The van der Waals surface area contributed by atoms with Crippen LogP contribution in [0, 0.1) is 0 Å². The molecule has 0 aromatic carbocycles. The van der Waals surface area contributed by atoms with Crippen molar-refractivity contribution >= 4 is 5.91 Å². The molecule has 3 aromatic heterocycles. The number of pyridine rings is 1. The lowest BCUT2D eigenvalue weighted by atomic mass is 10.1. The van der Waals surface area contributed by atoms with E-state index in [1.807, 2.05) is 12.1 Å². The molecule has 4 heterocycles. The molecular formula is C19H21N7O3. The van der Waals surface area contributed by atoms with E-state index in [0.717, 1.165) is 18.4 Å². The van der Waals surface area contributed by atoms with E-state index >= 15 is 0 Å². The Morgan fingerprint density at radius 1 is 1.31 bits per heavy atom. The molecule has 0 bridgehead atoms. The van der Waals surface area contributed by atoms with Gasteiger partial charge in [0.15, 0.2) is 0 Å². The fourth-order valence-electron chi connectivity index (χ4n) is 3.26. The molecule has 1 fully saturated rings. The maximum Gasteiger partial charge on any atom is 0.263 e. The van der Waals surface area contributed by atoms with Gasteiger partial charge in [-0.25, -0.2) is 14.6 Å². The molecule has 1 aliphatic heterocycles. The van der Waals surface area contributed by atoms with Crippen molar-refractivity contribution in [3.8, 4) is 0 Å². The van der Waals surface area contributed by atoms with E-state index in [9.17, 15) is 9.59 Å². The van der Waals surface area contributed by atoms with Crippen molar-refractivity contribution in [2.45, 2.75) is 32.1 Å². The van der Waals surface area contributed by atoms with Crippen molar-refractivity contribution in [1.82, 2.24) is 34.6 Å². The number of ether oxygens (including phenoxy) is 1. The largest absolute Gasteiger partial charge is 0.372 e. The number of hydrogen-bond acceptors (Lipinski definition) is 7. The monoisotopic (exact) mass is 395 g/mol. The first-order valence-corrected chi connectivity index (χ1v) is 9.39. The molecule has 0 unspecified atom stereocenters. The smallest absolute Gasteiger partial charge is 0.263 e. The molecule has 0 radical (unpaired) electrons. The third-order valence-corrected chi connectivity index (χ3v) is 4.73. The first-order valence-electron chi connectivity index (χ1n) is 9.39. The number of rotatable bonds is 6. The van der Waals surface area contributed by atoms with Gasteiger partial charge in [-0.15, -0.1) is 0 Å². The molecule has 10 heteroatoms. The van der Waals surface area contributed by atoms with Crippen molar-refractivity contribution < 1.29 is 9.53 Å². The number of amides is 1. The summed E-state index contributed by atoms with van der Waals surface area (Å²) in [7, 11) is 0. The van der Waals surface area contributed by atoms with Crippen LogP contribution in [0.5, 0.6) is 0 Å². The molecule has 150 valence electrons. The highest BCUT2D eigenvalue weighted by Gasteiger charge is 2.26. The number of carbonyl (C=O) groups excluding carboxylic acids is 1. The van der Waals surface area contributed by atoms with Crippen LogP contribution in [0.3, 0.4) is 0 Å². The average Bonchev–Trinajstić information content (AvgIpc) is 3.26. The van der Waals surface area contributed by atoms with Gasteiger partial charge in [0, 0.05) is 31.7 Å². The highest BCUT2D eigenvalue weighted by molar-refractivity contribution is 5.93. The van der Waals surface area contributed by atoms with Crippen LogP contribution in [-0.2, 0) is 17.9 Å². The molecule has 0 aliphatic carbocycles. The highest BCUT2D eigenvalue weighted by atomic mass is 16.5. The van der Waals surface area contributed by atoms with Crippen LogP contribution in [0.15, 0.2) is 48.2 Å². The minimum atomic E-state index is -0.460. The zero-order valence-corrected chi connectivity index (χ0v) is 15.8. The van der Waals surface area contributed by atoms with Gasteiger partial charge in [0.05, 0.1) is 12.7 Å². The predicted octanol–water partition coefficient (Wildman–Crippen LogP) is 0.626. The maximum absolute atomic E-state index is 12.8. The number of piperidine rings is 1. The Hall–Kier alpha value is -3.40. The molecule has 1 atom stereocenters. The third kappa shape index (κ3) is 4.72. The Morgan fingerprint density at radius 3 is 3.00 bits per heavy atom. The van der Waals surface area contributed by atoms with E-state index in [-0.39, 0.29) is 24.1 Å². The lowest BCUT2D eigenvalue weighted by Gasteiger charge is -2.32. The summed E-state index contributed by atoms with van der Waals surface area (Å²) < 4.78 is 7.48. The minimum Gasteiger partial charge on any atom is -0.372 e. The molecule has 0 saturated carbocycles. The fourth-order valence-corrected chi connectivity index (χ4v) is 3.26. The fraction of sp³-hybridized carbons (Fsp3) is 0.368. The number of aromatic amines is 1. The standard InChI is InChI=1S/C19H21N7O3/c27-18-16(8-22-17(24-18)10-26-13-21-12-23-26)19(28)25-6-2-4-15(9-25)29-11-14-3-1-5-20-7-14/h1,3,5,7-8,12-13,15H,2,4,6,9-11H2,(H,22,24,27)/t15-/m1/s1. The number of nitrogens with one attached hydrogen (secondary N) is 1. The first-order chi connectivity index (χ1) is 14.2. The van der Waals surface area contributed by atoms with Crippen molar-refractivity contribution in [1.29, 1.82) is 0 Å². The molecule has 10 nitrogen and oxygen atoms in total. The second-order valence-corrected chi connectivity index (χ2v) is 6.85. The molecule has 4 rings (SSSR count). The molecule has 0 spiro atoms. The van der Waals surface area contributed by atoms with Crippen molar-refractivity contribution in [2.24, 2.45) is 0 Å². The Balaban J connectivity index is 1.38. The number of aromatic nitrogens is 6. The van der Waals surface area contributed by atoms with Crippen LogP contribution in [0.4, 0.5) is 0 Å². The molecule has 3 aromatic rings. The second-order valence-electron chi connectivity index (χ2n) is 6.85. The summed E-state index contributed by atoms with van der Waals surface area (Å²) in [6.45, 7) is 1.75. The average molecular weight is 395 g/mol. The topological polar surface area (TPSA) is 119 Å². The van der Waals surface area contributed by atoms with Crippen LogP contribution < -0.4 is 5.56 Å². The summed E-state index contributed by atoms with van der Waals surface area (Å²) in [5.74, 6) is 0.0779. The van der Waals surface area contributed by atoms with E-state index in [1.165, 1.54) is 23.5 Å². The summed E-state index contributed by atoms with van der Waals surface area (Å²) in [4.78, 5) is 41.7. The molecule has 1 N–H and O–H groups in total. The van der Waals surface area contributed by atoms with Gasteiger partial charge >= 0.3 is 0 Å². The van der Waals surface area contributed by atoms with Crippen LogP contribution >= 0.6 is 0 Å². The molecule has 1 saturated heterocycles. The number of likely N-dealkylation sites (tertiary alicyclic amines) is 1. The molecule has 1 amide bonds. The Morgan fingerprint density at radius 2 is 2.24 bits per heavy atom. The van der Waals surface area contributed by atoms with Crippen LogP contribution in [0.2, 0.25) is 0 Å². The van der Waals surface area contributed by atoms with Gasteiger partial charge in [0.1, 0.15) is 30.6 Å². The zero-order valence-electron chi connectivity index (χ0n) is 15.8. The Labute approximate surface area is 166 Å². The molecule has 1 aliphatic rings. The quantitative estimate of drug-likeness (QED) is 0.650. The number of H-pyrrole nitrogens is 1. The van der Waals surface area contributed by atoms with E-state index < -0.39 is 5.56 Å². The van der Waals surface area contributed by atoms with E-state index in [4.69, 9.17) is 4.74 Å². The normalized spacial score (nSPS) is 16.7. The van der Waals surface area contributed by atoms with Crippen molar-refractivity contribution in [3.05, 3.63) is 70.7 Å². The molecular weight excluding hydrogens is 374 g/mol. The van der Waals surface area contributed by atoms with E-state index in [2.05, 4.69) is 25.0 Å². The highest BCUT2D eigenvalue weighted by Crippen LogP contribution is 2.16. The lowest BCUT2D eigenvalue weighted by Crippen LogP contribution is -2.44. The van der Waals surface area contributed by atoms with Gasteiger partial charge in [-0.05, 0) is 24.5 Å². The van der Waals surface area contributed by atoms with Gasteiger partial charge in [-0.2, -0.15) is 5.10 Å². The van der Waals surface area contributed by atoms with Crippen molar-refractivity contribution in [3.63, 3.8) is 0 Å². The van der Waals surface area contributed by atoms with Crippen LogP contribution in [0.25, 0.3) is 0 Å². The number of hydrogen-bond donors (Lipinski definition) is 1. The first kappa shape index (κ1) is 18.9. The number of carbonyl (C=O) groups is 1. The summed E-state index contributed by atoms with van der Waals surface area (Å²) >= 11 is 0. The van der Waals surface area contributed by atoms with Crippen LogP contribution in [0.1, 0.15) is 34.6 Å². The SMILES string of the molecule is O=C(c1cnc(Cn2cncn2)[nH]c1=O)N1CCC[C@@H](OCc2cccnc2)C1. The lowest BCUT2D eigenvalue weighted by molar-refractivity contribution is -0.00688. The zero-order chi connectivity index (χ0) is 20.1. The summed E-state index contributed by atoms with van der Waals surface area (Å²) in [5.41, 5.74) is 0.554. The van der Waals surface area contributed by atoms with Gasteiger partial charge in [-0.3, -0.25) is 14.6 Å². The van der Waals surface area contributed by atoms with Gasteiger partial charge in [0.2, 0.25) is 0 Å². The third-order valence-electron chi connectivity index (χ3n) is 4.73. The number of nitrogens with zero attached hydrogens (tertiary/aromatic N) is 6. The minimum absolute atomic E-state index is 0.0280. The van der Waals surface area contributed by atoms with Crippen LogP contribution in [-0.4, -0.2) is 59.7 Å². The van der Waals surface area contributed by atoms with E-state index in [1.54, 1.807) is 17.3 Å². The molecule has 29 heavy (non-hydrogen) atoms. The Bertz CT molecular complexity index is 1000. The van der Waals surface area contributed by atoms with E-state index in [0.29, 0.717) is 25.5 Å². The van der Waals surface area contributed by atoms with Gasteiger partial charge in [0.25, 0.3) is 11.5 Å². The maximum atomic E-state index is 12.8. The second kappa shape index (κ2) is 8.74. The van der Waals surface area contributed by atoms with Crippen molar-refractivity contribution in [2.75, 3.05) is 13.1 Å². The summed E-state index contributed by atoms with van der Waals surface area (Å²) in [5, 5.41) is 3.97. The van der Waals surface area contributed by atoms with Gasteiger partial charge in [-0.1, -0.05) is 6.07 Å². The predicted molar refractivity (Wildman–Crippen MR) is 102 cm³/mol. The summed E-state index contributed by atoms with van der Waals surface area (Å²) in [6, 6.07) is 3.81. The Kier molecular flexibility index (Phi) is 5.71.